The fraction of sp³-hybridized carbons (Fsp3) is 0.143. The van der Waals surface area contributed by atoms with E-state index in [1.165, 1.54) is 33.5 Å². The molecule has 2 unspecified atom stereocenters. The Morgan fingerprint density at radius 3 is 1.76 bits per heavy atom. The van der Waals surface area contributed by atoms with Gasteiger partial charge in [0.1, 0.15) is 30.1 Å². The minimum absolute atomic E-state index is 0.0356. The van der Waals surface area contributed by atoms with Gasteiger partial charge in [-0.3, -0.25) is 14.7 Å². The number of hydrogen-bond acceptors (Lipinski definition) is 7. The molecule has 0 saturated heterocycles. The second-order valence-corrected chi connectivity index (χ2v) is 19.0. The van der Waals surface area contributed by atoms with Gasteiger partial charge in [0.15, 0.2) is 11.5 Å². The van der Waals surface area contributed by atoms with Gasteiger partial charge in [-0.25, -0.2) is 0 Å². The van der Waals surface area contributed by atoms with E-state index in [9.17, 15) is 4.79 Å². The van der Waals surface area contributed by atoms with Crippen LogP contribution >= 0.6 is 0 Å². The number of aryl methyl sites for hydroxylation is 1. The van der Waals surface area contributed by atoms with Crippen molar-refractivity contribution >= 4 is 17.3 Å². The largest absolute Gasteiger partial charge is 0.492 e. The van der Waals surface area contributed by atoms with Crippen LogP contribution in [-0.4, -0.2) is 37.4 Å². The van der Waals surface area contributed by atoms with Crippen LogP contribution in [-0.2, 0) is 15.6 Å². The number of para-hydroxylation sites is 1. The summed E-state index contributed by atoms with van der Waals surface area (Å²) in [6.45, 7) is 4.14. The molecule has 8 nitrogen and oxygen atoms in total. The normalized spacial score (nSPS) is 18.5. The molecule has 0 fully saturated rings. The Morgan fingerprint density at radius 1 is 0.479 bits per heavy atom. The molecule has 2 spiro atoms. The van der Waals surface area contributed by atoms with Gasteiger partial charge in [-0.2, -0.15) is 0 Å². The number of benzene rings is 8. The van der Waals surface area contributed by atoms with Crippen molar-refractivity contribution in [3.8, 4) is 34.1 Å². The van der Waals surface area contributed by atoms with Crippen LogP contribution in [0.15, 0.2) is 219 Å². The van der Waals surface area contributed by atoms with Gasteiger partial charge in [0.2, 0.25) is 12.7 Å². The first kappa shape index (κ1) is 42.5. The highest BCUT2D eigenvalue weighted by Gasteiger charge is 2.58. The van der Waals surface area contributed by atoms with E-state index in [2.05, 4.69) is 144 Å². The van der Waals surface area contributed by atoms with Crippen LogP contribution < -0.4 is 28.7 Å². The van der Waals surface area contributed by atoms with E-state index in [4.69, 9.17) is 18.9 Å². The lowest BCUT2D eigenvalue weighted by Gasteiger charge is -2.33. The molecule has 71 heavy (non-hydrogen) atoms. The Kier molecular flexibility index (Phi) is 10.2. The van der Waals surface area contributed by atoms with Crippen LogP contribution in [0.5, 0.6) is 23.0 Å². The molecule has 9 aromatic rings. The minimum Gasteiger partial charge on any atom is -0.492 e. The third kappa shape index (κ3) is 6.88. The van der Waals surface area contributed by atoms with Crippen molar-refractivity contribution in [2.45, 2.75) is 29.8 Å². The van der Waals surface area contributed by atoms with Crippen LogP contribution in [0.2, 0.25) is 0 Å². The van der Waals surface area contributed by atoms with Crippen LogP contribution in [0.1, 0.15) is 62.2 Å². The first-order valence-corrected chi connectivity index (χ1v) is 24.3. The number of hydrogen-bond donors (Lipinski definition) is 0. The lowest BCUT2D eigenvalue weighted by atomic mass is 9.76. The fourth-order valence-electron chi connectivity index (χ4n) is 11.7. The van der Waals surface area contributed by atoms with Gasteiger partial charge in [-0.1, -0.05) is 169 Å². The molecule has 1 aromatic heterocycles. The summed E-state index contributed by atoms with van der Waals surface area (Å²) in [6.07, 6.45) is 3.62. The average Bonchev–Trinajstić information content (AvgIpc) is 4.26. The van der Waals surface area contributed by atoms with Gasteiger partial charge in [-0.05, 0) is 82.3 Å². The molecule has 0 bridgehead atoms. The molecule has 0 radical (unpaired) electrons. The molecule has 8 aromatic carbocycles. The number of fused-ring (bicyclic) bond motifs is 9. The van der Waals surface area contributed by atoms with Crippen LogP contribution in [0.25, 0.3) is 11.1 Å². The standard InChI is InChI=1S/C33H24N2O2.C30H25NO3/c36-32-33(22-37-30-18-17-25(20-28(30)33)26-14-9-19-34-21-26)27-15-7-8-16-29(27)35(32)31(23-10-3-1-4-11-23)24-12-5-2-6-13-24;1-20-12-13-25-23(14-20)30(18-32-26-16-28-27(15-24(26)30)33-19-34-28)17-31(25)29(21-8-4-2-5-9-21)22-10-6-3-7-11-22/h1-21,31H,22H2;2-16,29H,17-19H2,1H3. The summed E-state index contributed by atoms with van der Waals surface area (Å²) >= 11 is 0. The second kappa shape index (κ2) is 17.1. The quantitative estimate of drug-likeness (QED) is 0.158. The molecule has 6 heterocycles. The third-order valence-electron chi connectivity index (χ3n) is 15.0. The first-order chi connectivity index (χ1) is 35.0. The highest BCUT2D eigenvalue weighted by molar-refractivity contribution is 6.12. The van der Waals surface area contributed by atoms with Crippen LogP contribution in [0.4, 0.5) is 11.4 Å². The number of anilines is 2. The van der Waals surface area contributed by atoms with Crippen molar-refractivity contribution in [3.63, 3.8) is 0 Å². The monoisotopic (exact) mass is 927 g/mol. The molecule has 0 N–H and O–H groups in total. The predicted molar refractivity (Wildman–Crippen MR) is 277 cm³/mol. The highest BCUT2D eigenvalue weighted by Crippen LogP contribution is 2.58. The zero-order valence-electron chi connectivity index (χ0n) is 39.2. The summed E-state index contributed by atoms with van der Waals surface area (Å²) in [7, 11) is 0. The van der Waals surface area contributed by atoms with Gasteiger partial charge >= 0.3 is 0 Å². The SMILES string of the molecule is Cc1ccc2c(c1)C1(COc3cc4c(cc31)OCO4)CN2C(c1ccccc1)c1ccccc1.O=C1N(C(c2ccccc2)c2ccccc2)c2ccccc2C12COc1ccc(-c3cccnc3)cc12. The van der Waals surface area contributed by atoms with E-state index in [0.29, 0.717) is 6.61 Å². The van der Waals surface area contributed by atoms with Gasteiger partial charge in [0, 0.05) is 53.1 Å². The summed E-state index contributed by atoms with van der Waals surface area (Å²) in [5.74, 6) is 3.26. The number of carbonyl (C=O) groups is 1. The summed E-state index contributed by atoms with van der Waals surface area (Å²) < 4.78 is 24.0. The Bertz CT molecular complexity index is 3370. The number of rotatable bonds is 7. The zero-order chi connectivity index (χ0) is 47.5. The summed E-state index contributed by atoms with van der Waals surface area (Å²) in [6, 6.07) is 71.2. The van der Waals surface area contributed by atoms with E-state index < -0.39 is 5.41 Å². The maximum Gasteiger partial charge on any atom is 0.246 e. The molecule has 2 atom stereocenters. The Morgan fingerprint density at radius 2 is 1.10 bits per heavy atom. The van der Waals surface area contributed by atoms with Gasteiger partial charge in [0.05, 0.1) is 17.5 Å². The number of pyridine rings is 1. The van der Waals surface area contributed by atoms with E-state index in [1.54, 1.807) is 6.20 Å². The van der Waals surface area contributed by atoms with Crippen molar-refractivity contribution in [3.05, 3.63) is 269 Å². The van der Waals surface area contributed by atoms with Crippen molar-refractivity contribution < 1.29 is 23.7 Å². The number of aromatic nitrogens is 1. The van der Waals surface area contributed by atoms with Crippen molar-refractivity contribution in [1.29, 1.82) is 0 Å². The number of ether oxygens (including phenoxy) is 4. The highest BCUT2D eigenvalue weighted by atomic mass is 16.7. The van der Waals surface area contributed by atoms with Crippen LogP contribution in [0.3, 0.4) is 0 Å². The van der Waals surface area contributed by atoms with Gasteiger partial charge in [-0.15, -0.1) is 0 Å². The Labute approximate surface area is 413 Å². The average molecular weight is 928 g/mol. The minimum atomic E-state index is -0.911. The molecular formula is C63H49N3O5. The molecule has 346 valence electrons. The van der Waals surface area contributed by atoms with E-state index >= 15 is 0 Å². The summed E-state index contributed by atoms with van der Waals surface area (Å²) in [4.78, 5) is 23.6. The van der Waals surface area contributed by atoms with Crippen molar-refractivity contribution in [2.75, 3.05) is 36.4 Å². The summed E-state index contributed by atoms with van der Waals surface area (Å²) in [5.41, 5.74) is 13.4. The molecule has 14 rings (SSSR count). The Balaban J connectivity index is 0.000000139. The lowest BCUT2D eigenvalue weighted by Crippen LogP contribution is -2.44. The first-order valence-electron chi connectivity index (χ1n) is 24.3. The van der Waals surface area contributed by atoms with E-state index in [0.717, 1.165) is 68.6 Å². The van der Waals surface area contributed by atoms with Gasteiger partial charge in [0.25, 0.3) is 0 Å². The maximum atomic E-state index is 14.8. The molecule has 5 aliphatic rings. The van der Waals surface area contributed by atoms with E-state index in [-0.39, 0.29) is 36.8 Å². The van der Waals surface area contributed by atoms with Crippen molar-refractivity contribution in [1.82, 2.24) is 4.98 Å². The van der Waals surface area contributed by atoms with Crippen LogP contribution in [0, 0.1) is 6.92 Å². The third-order valence-corrected chi connectivity index (χ3v) is 15.0. The second-order valence-electron chi connectivity index (χ2n) is 19.0. The zero-order valence-corrected chi connectivity index (χ0v) is 39.2. The number of nitrogens with zero attached hydrogens (tertiary/aromatic N) is 3. The molecule has 0 saturated carbocycles. The Hall–Kier alpha value is -8.62. The van der Waals surface area contributed by atoms with Gasteiger partial charge < -0.3 is 23.8 Å². The lowest BCUT2D eigenvalue weighted by molar-refractivity contribution is -0.122. The fourth-order valence-corrected chi connectivity index (χ4v) is 11.7. The molecule has 1 amide bonds. The van der Waals surface area contributed by atoms with Crippen molar-refractivity contribution in [2.24, 2.45) is 0 Å². The summed E-state index contributed by atoms with van der Waals surface area (Å²) in [5, 5.41) is 0. The molecule has 5 aliphatic heterocycles. The molecular weight excluding hydrogens is 879 g/mol. The molecule has 0 aliphatic carbocycles. The predicted octanol–water partition coefficient (Wildman–Crippen LogP) is 12.6. The smallest absolute Gasteiger partial charge is 0.246 e. The number of amides is 1. The number of carbonyl (C=O) groups excluding carboxylic acids is 1. The molecule has 8 heteroatoms. The topological polar surface area (TPSA) is 73.4 Å². The van der Waals surface area contributed by atoms with E-state index in [1.807, 2.05) is 90.0 Å². The maximum absolute atomic E-state index is 14.8.